The Balaban J connectivity index is 1.68. The zero-order valence-electron chi connectivity index (χ0n) is 12.2. The Hall–Kier alpha value is -0.195. The van der Waals surface area contributed by atoms with Crippen LogP contribution in [0.3, 0.4) is 0 Å². The van der Waals surface area contributed by atoms with E-state index < -0.39 is 0 Å². The van der Waals surface area contributed by atoms with Crippen LogP contribution in [-0.2, 0) is 0 Å². The van der Waals surface area contributed by atoms with Gasteiger partial charge in [0.25, 0.3) is 0 Å². The van der Waals surface area contributed by atoms with Crippen LogP contribution >= 0.6 is 0 Å². The molecule has 2 aliphatic rings. The van der Waals surface area contributed by atoms with Crippen LogP contribution in [0.1, 0.15) is 77.0 Å². The van der Waals surface area contributed by atoms with Gasteiger partial charge < -0.3 is 0 Å². The lowest BCUT2D eigenvalue weighted by molar-refractivity contribution is 0.548. The van der Waals surface area contributed by atoms with Gasteiger partial charge in [-0.3, -0.25) is 0 Å². The highest BCUT2D eigenvalue weighted by Crippen LogP contribution is 2.46. The second-order valence-corrected chi connectivity index (χ2v) is 6.68. The first-order valence-electron chi connectivity index (χ1n) is 8.52. The van der Waals surface area contributed by atoms with Gasteiger partial charge in [-0.2, -0.15) is 0 Å². The highest BCUT2D eigenvalue weighted by molar-refractivity contribution is 6.62. The van der Waals surface area contributed by atoms with Crippen molar-refractivity contribution in [3.63, 3.8) is 0 Å². The third-order valence-electron chi connectivity index (χ3n) is 5.46. The summed E-state index contributed by atoms with van der Waals surface area (Å²) in [5, 5.41) is 0. The average Bonchev–Trinajstić information content (AvgIpc) is 2.50. The van der Waals surface area contributed by atoms with Crippen LogP contribution in [0.2, 0.25) is 18.0 Å². The molecule has 0 nitrogen and oxygen atoms in total. The van der Waals surface area contributed by atoms with Gasteiger partial charge in [-0.05, 0) is 12.8 Å². The summed E-state index contributed by atoms with van der Waals surface area (Å²) >= 11 is 0. The molecule has 2 unspecified atom stereocenters. The maximum atomic E-state index is 3.80. The molecule has 2 saturated heterocycles. The van der Waals surface area contributed by atoms with Crippen LogP contribution < -0.4 is 0 Å². The quantitative estimate of drug-likeness (QED) is 0.288. The SMILES string of the molecule is C=CCCCCCCB1C2CCCCC1CCC2. The van der Waals surface area contributed by atoms with Gasteiger partial charge in [-0.1, -0.05) is 88.2 Å². The van der Waals surface area contributed by atoms with Crippen molar-refractivity contribution in [1.29, 1.82) is 0 Å². The molecule has 0 amide bonds. The molecule has 2 fully saturated rings. The number of fused-ring (bicyclic) bond motifs is 2. The fourth-order valence-corrected chi connectivity index (χ4v) is 4.48. The predicted octanol–water partition coefficient (Wildman–Crippen LogP) is 6.12. The lowest BCUT2D eigenvalue weighted by atomic mass is 9.28. The topological polar surface area (TPSA) is 0 Å². The molecule has 2 bridgehead atoms. The van der Waals surface area contributed by atoms with E-state index in [1.54, 1.807) is 32.0 Å². The van der Waals surface area contributed by atoms with Crippen LogP contribution in [0.5, 0.6) is 0 Å². The van der Waals surface area contributed by atoms with E-state index in [2.05, 4.69) is 12.7 Å². The Morgan fingerprint density at radius 1 is 0.833 bits per heavy atom. The van der Waals surface area contributed by atoms with Crippen LogP contribution in [-0.4, -0.2) is 6.71 Å². The first kappa shape index (κ1) is 14.2. The van der Waals surface area contributed by atoms with E-state index in [0.29, 0.717) is 0 Å². The second-order valence-electron chi connectivity index (χ2n) is 6.68. The summed E-state index contributed by atoms with van der Waals surface area (Å²) in [4.78, 5) is 0. The van der Waals surface area contributed by atoms with Crippen LogP contribution in [0.25, 0.3) is 0 Å². The van der Waals surface area contributed by atoms with E-state index in [-0.39, 0.29) is 0 Å². The third kappa shape index (κ3) is 4.18. The normalized spacial score (nSPS) is 27.9. The average molecular weight is 246 g/mol. The second kappa shape index (κ2) is 8.07. The fraction of sp³-hybridized carbons (Fsp3) is 0.882. The van der Waals surface area contributed by atoms with Crippen molar-refractivity contribution < 1.29 is 0 Å². The highest BCUT2D eigenvalue weighted by Gasteiger charge is 2.36. The van der Waals surface area contributed by atoms with Crippen LogP contribution in [0, 0.1) is 0 Å². The maximum Gasteiger partial charge on any atom is 0.146 e. The van der Waals surface area contributed by atoms with E-state index in [4.69, 9.17) is 0 Å². The van der Waals surface area contributed by atoms with E-state index in [9.17, 15) is 0 Å². The zero-order chi connectivity index (χ0) is 12.6. The van der Waals surface area contributed by atoms with Gasteiger partial charge in [0.05, 0.1) is 0 Å². The summed E-state index contributed by atoms with van der Waals surface area (Å²) < 4.78 is 0. The van der Waals surface area contributed by atoms with Gasteiger partial charge in [0, 0.05) is 0 Å². The minimum absolute atomic E-state index is 1.11. The Morgan fingerprint density at radius 3 is 2.11 bits per heavy atom. The summed E-state index contributed by atoms with van der Waals surface area (Å²) in [5.74, 6) is 2.22. The van der Waals surface area contributed by atoms with Crippen molar-refractivity contribution in [2.24, 2.45) is 0 Å². The number of hydrogen-bond acceptors (Lipinski definition) is 0. The zero-order valence-corrected chi connectivity index (χ0v) is 12.2. The summed E-state index contributed by atoms with van der Waals surface area (Å²) in [7, 11) is 0. The Bertz CT molecular complexity index is 222. The molecule has 0 aliphatic carbocycles. The van der Waals surface area contributed by atoms with E-state index in [1.807, 2.05) is 0 Å². The van der Waals surface area contributed by atoms with Crippen molar-refractivity contribution in [2.75, 3.05) is 0 Å². The number of rotatable bonds is 7. The fourth-order valence-electron chi connectivity index (χ4n) is 4.48. The highest BCUT2D eigenvalue weighted by atomic mass is 14.2. The van der Waals surface area contributed by atoms with Gasteiger partial charge in [0.15, 0.2) is 0 Å². The molecule has 102 valence electrons. The van der Waals surface area contributed by atoms with Crippen molar-refractivity contribution in [2.45, 2.75) is 95.0 Å². The first-order chi connectivity index (χ1) is 8.92. The molecule has 0 aromatic carbocycles. The number of hydrogen-bond donors (Lipinski definition) is 0. The number of allylic oxidation sites excluding steroid dienone is 1. The van der Waals surface area contributed by atoms with Gasteiger partial charge in [-0.25, -0.2) is 0 Å². The van der Waals surface area contributed by atoms with Crippen molar-refractivity contribution in [3.8, 4) is 0 Å². The molecule has 0 aromatic rings. The summed E-state index contributed by atoms with van der Waals surface area (Å²) in [5.41, 5.74) is 0. The van der Waals surface area contributed by atoms with Gasteiger partial charge >= 0.3 is 0 Å². The van der Waals surface area contributed by atoms with Gasteiger partial charge in [0.1, 0.15) is 6.71 Å². The van der Waals surface area contributed by atoms with Crippen molar-refractivity contribution in [3.05, 3.63) is 12.7 Å². The van der Waals surface area contributed by atoms with E-state index in [1.165, 1.54) is 51.4 Å². The standard InChI is InChI=1S/C17H31B/c1-2-3-4-5-6-9-15-18-16-11-7-8-12-17(18)14-10-13-16/h2,16-17H,1,3-15H2. The van der Waals surface area contributed by atoms with Crippen LogP contribution in [0.4, 0.5) is 0 Å². The third-order valence-corrected chi connectivity index (χ3v) is 5.46. The summed E-state index contributed by atoms with van der Waals surface area (Å²) in [6, 6.07) is 0. The molecule has 0 radical (unpaired) electrons. The molecular weight excluding hydrogens is 215 g/mol. The predicted molar refractivity (Wildman–Crippen MR) is 83.7 cm³/mol. The Labute approximate surface area is 115 Å². The van der Waals surface area contributed by atoms with E-state index >= 15 is 0 Å². The molecule has 2 aliphatic heterocycles. The molecule has 0 spiro atoms. The van der Waals surface area contributed by atoms with Gasteiger partial charge in [-0.15, -0.1) is 6.58 Å². The Kier molecular flexibility index (Phi) is 6.38. The summed E-state index contributed by atoms with van der Waals surface area (Å²) in [6.07, 6.45) is 21.4. The largest absolute Gasteiger partial charge is 0.146 e. The first-order valence-corrected chi connectivity index (χ1v) is 8.52. The molecule has 0 saturated carbocycles. The van der Waals surface area contributed by atoms with Gasteiger partial charge in [0.2, 0.25) is 0 Å². The van der Waals surface area contributed by atoms with E-state index in [0.717, 1.165) is 18.3 Å². The Morgan fingerprint density at radius 2 is 1.44 bits per heavy atom. The lowest BCUT2D eigenvalue weighted by Crippen LogP contribution is -2.29. The minimum Gasteiger partial charge on any atom is -0.103 e. The molecule has 0 N–H and O–H groups in total. The monoisotopic (exact) mass is 246 g/mol. The summed E-state index contributed by atoms with van der Waals surface area (Å²) in [6.45, 7) is 4.91. The lowest BCUT2D eigenvalue weighted by Gasteiger charge is -2.34. The van der Waals surface area contributed by atoms with Crippen LogP contribution in [0.15, 0.2) is 12.7 Å². The van der Waals surface area contributed by atoms with Crippen molar-refractivity contribution in [1.82, 2.24) is 0 Å². The minimum atomic E-state index is 1.11. The molecule has 2 rings (SSSR count). The molecule has 2 atom stereocenters. The smallest absolute Gasteiger partial charge is 0.103 e. The molecule has 1 heteroatoms. The molecule has 0 aromatic heterocycles. The molecule has 2 heterocycles. The molecular formula is C17H31B. The molecule has 18 heavy (non-hydrogen) atoms. The maximum absolute atomic E-state index is 3.80. The number of unbranched alkanes of at least 4 members (excludes halogenated alkanes) is 4. The van der Waals surface area contributed by atoms with Crippen molar-refractivity contribution >= 4 is 6.71 Å².